The number of nitrogens with zero attached hydrogens (tertiary/aromatic N) is 2. The fraction of sp³-hybridized carbons (Fsp3) is 0.500. The van der Waals surface area contributed by atoms with E-state index in [-0.39, 0.29) is 12.0 Å². The SMILES string of the molecule is COc1ncc(CN2CC[C@@H]3[C@@H](CO[C@H]3CC(=O)NCc3ccccc3)C2)cc1C. The Morgan fingerprint density at radius 3 is 2.90 bits per heavy atom. The van der Waals surface area contributed by atoms with Gasteiger partial charge in [-0.25, -0.2) is 4.98 Å². The van der Waals surface area contributed by atoms with Gasteiger partial charge in [0.25, 0.3) is 0 Å². The first-order valence-corrected chi connectivity index (χ1v) is 10.8. The highest BCUT2D eigenvalue weighted by Gasteiger charge is 2.41. The Kier molecular flexibility index (Phi) is 6.65. The highest BCUT2D eigenvalue weighted by atomic mass is 16.5. The minimum absolute atomic E-state index is 0.0396. The van der Waals surface area contributed by atoms with E-state index >= 15 is 0 Å². The van der Waals surface area contributed by atoms with Gasteiger partial charge in [-0.2, -0.15) is 0 Å². The van der Waals surface area contributed by atoms with E-state index in [0.29, 0.717) is 30.7 Å². The van der Waals surface area contributed by atoms with Crippen LogP contribution < -0.4 is 10.1 Å². The fourth-order valence-electron chi connectivity index (χ4n) is 4.75. The Morgan fingerprint density at radius 2 is 2.13 bits per heavy atom. The Morgan fingerprint density at radius 1 is 1.30 bits per heavy atom. The van der Waals surface area contributed by atoms with Crippen molar-refractivity contribution in [3.63, 3.8) is 0 Å². The lowest BCUT2D eigenvalue weighted by atomic mass is 9.83. The van der Waals surface area contributed by atoms with Gasteiger partial charge in [0.1, 0.15) is 0 Å². The molecule has 0 spiro atoms. The molecule has 3 atom stereocenters. The highest BCUT2D eigenvalue weighted by Crippen LogP contribution is 2.36. The molecule has 4 rings (SSSR count). The predicted molar refractivity (Wildman–Crippen MR) is 115 cm³/mol. The fourth-order valence-corrected chi connectivity index (χ4v) is 4.75. The largest absolute Gasteiger partial charge is 0.481 e. The van der Waals surface area contributed by atoms with Crippen LogP contribution in [-0.2, 0) is 22.6 Å². The number of carbonyl (C=O) groups excluding carboxylic acids is 1. The summed E-state index contributed by atoms with van der Waals surface area (Å²) in [6, 6.07) is 12.2. The molecular formula is C24H31N3O3. The average Bonchev–Trinajstić information content (AvgIpc) is 3.15. The van der Waals surface area contributed by atoms with Gasteiger partial charge >= 0.3 is 0 Å². The van der Waals surface area contributed by atoms with Crippen molar-refractivity contribution in [3.8, 4) is 5.88 Å². The summed E-state index contributed by atoms with van der Waals surface area (Å²) >= 11 is 0. The molecule has 2 aliphatic rings. The number of rotatable bonds is 7. The van der Waals surface area contributed by atoms with E-state index in [1.54, 1.807) is 7.11 Å². The van der Waals surface area contributed by atoms with Gasteiger partial charge in [0, 0.05) is 37.3 Å². The van der Waals surface area contributed by atoms with Crippen LogP contribution in [0, 0.1) is 18.8 Å². The zero-order valence-corrected chi connectivity index (χ0v) is 17.8. The van der Waals surface area contributed by atoms with Crippen LogP contribution in [-0.4, -0.2) is 48.7 Å². The van der Waals surface area contributed by atoms with Crippen LogP contribution in [0.5, 0.6) is 5.88 Å². The first kappa shape index (κ1) is 20.8. The summed E-state index contributed by atoms with van der Waals surface area (Å²) in [7, 11) is 1.65. The Hall–Kier alpha value is -2.44. The summed E-state index contributed by atoms with van der Waals surface area (Å²) in [6.07, 6.45) is 3.47. The van der Waals surface area contributed by atoms with Crippen LogP contribution in [0.1, 0.15) is 29.5 Å². The molecule has 160 valence electrons. The number of nitrogens with one attached hydrogen (secondary N) is 1. The van der Waals surface area contributed by atoms with E-state index in [2.05, 4.69) is 21.3 Å². The number of hydrogen-bond donors (Lipinski definition) is 1. The third-order valence-corrected chi connectivity index (χ3v) is 6.28. The van der Waals surface area contributed by atoms with Gasteiger partial charge in [-0.1, -0.05) is 30.3 Å². The topological polar surface area (TPSA) is 63.7 Å². The molecule has 0 bridgehead atoms. The Bertz CT molecular complexity index is 858. The van der Waals surface area contributed by atoms with E-state index in [0.717, 1.165) is 43.8 Å². The number of likely N-dealkylation sites (tertiary alicyclic amines) is 1. The third-order valence-electron chi connectivity index (χ3n) is 6.28. The molecule has 6 nitrogen and oxygen atoms in total. The molecule has 6 heteroatoms. The average molecular weight is 410 g/mol. The number of amides is 1. The first-order chi connectivity index (χ1) is 14.6. The van der Waals surface area contributed by atoms with Crippen molar-refractivity contribution in [2.45, 2.75) is 39.0 Å². The lowest BCUT2D eigenvalue weighted by Gasteiger charge is -2.35. The summed E-state index contributed by atoms with van der Waals surface area (Å²) in [4.78, 5) is 19.3. The van der Waals surface area contributed by atoms with Crippen LogP contribution in [0.4, 0.5) is 0 Å². The van der Waals surface area contributed by atoms with Crippen molar-refractivity contribution in [3.05, 3.63) is 59.3 Å². The third kappa shape index (κ3) is 4.99. The number of pyridine rings is 1. The molecular weight excluding hydrogens is 378 g/mol. The minimum atomic E-state index is 0.0396. The molecule has 2 fully saturated rings. The van der Waals surface area contributed by atoms with Gasteiger partial charge in [-0.05, 0) is 43.0 Å². The van der Waals surface area contributed by atoms with Gasteiger partial charge < -0.3 is 14.8 Å². The molecule has 0 radical (unpaired) electrons. The molecule has 30 heavy (non-hydrogen) atoms. The second-order valence-electron chi connectivity index (χ2n) is 8.46. The van der Waals surface area contributed by atoms with Gasteiger partial charge in [0.2, 0.25) is 11.8 Å². The maximum Gasteiger partial charge on any atom is 0.222 e. The van der Waals surface area contributed by atoms with Crippen molar-refractivity contribution < 1.29 is 14.3 Å². The summed E-state index contributed by atoms with van der Waals surface area (Å²) in [5.74, 6) is 1.74. The summed E-state index contributed by atoms with van der Waals surface area (Å²) in [5.41, 5.74) is 3.39. The van der Waals surface area contributed by atoms with Crippen LogP contribution >= 0.6 is 0 Å². The van der Waals surface area contributed by atoms with Crippen LogP contribution in [0.2, 0.25) is 0 Å². The molecule has 2 aliphatic heterocycles. The van der Waals surface area contributed by atoms with E-state index in [1.807, 2.05) is 43.5 Å². The molecule has 1 N–H and O–H groups in total. The molecule has 1 amide bonds. The quantitative estimate of drug-likeness (QED) is 0.762. The molecule has 2 aromatic rings. The maximum absolute atomic E-state index is 12.4. The van der Waals surface area contributed by atoms with Crippen molar-refractivity contribution in [2.24, 2.45) is 11.8 Å². The minimum Gasteiger partial charge on any atom is -0.481 e. The van der Waals surface area contributed by atoms with Crippen molar-refractivity contribution in [1.29, 1.82) is 0 Å². The number of hydrogen-bond acceptors (Lipinski definition) is 5. The number of carbonyl (C=O) groups is 1. The van der Waals surface area contributed by atoms with Gasteiger partial charge in [0.05, 0.1) is 26.2 Å². The second kappa shape index (κ2) is 9.58. The van der Waals surface area contributed by atoms with E-state index in [4.69, 9.17) is 9.47 Å². The lowest BCUT2D eigenvalue weighted by molar-refractivity contribution is -0.124. The van der Waals surface area contributed by atoms with Crippen molar-refractivity contribution in [2.75, 3.05) is 26.8 Å². The summed E-state index contributed by atoms with van der Waals surface area (Å²) in [5, 5.41) is 3.03. The Labute approximate surface area is 178 Å². The zero-order valence-electron chi connectivity index (χ0n) is 17.8. The smallest absolute Gasteiger partial charge is 0.222 e. The monoisotopic (exact) mass is 409 g/mol. The zero-order chi connectivity index (χ0) is 20.9. The van der Waals surface area contributed by atoms with Crippen LogP contribution in [0.25, 0.3) is 0 Å². The molecule has 0 saturated carbocycles. The molecule has 1 aromatic carbocycles. The Balaban J connectivity index is 1.25. The number of piperidine rings is 1. The number of aryl methyl sites for hydroxylation is 1. The van der Waals surface area contributed by atoms with Crippen LogP contribution in [0.15, 0.2) is 42.6 Å². The summed E-state index contributed by atoms with van der Waals surface area (Å²) in [6.45, 7) is 6.28. The molecule has 3 heterocycles. The number of methoxy groups -OCH3 is 1. The van der Waals surface area contributed by atoms with E-state index in [9.17, 15) is 4.79 Å². The van der Waals surface area contributed by atoms with E-state index in [1.165, 1.54) is 5.56 Å². The molecule has 2 saturated heterocycles. The van der Waals surface area contributed by atoms with Crippen molar-refractivity contribution in [1.82, 2.24) is 15.2 Å². The lowest BCUT2D eigenvalue weighted by Crippen LogP contribution is -2.41. The van der Waals surface area contributed by atoms with Gasteiger partial charge in [0.15, 0.2) is 0 Å². The van der Waals surface area contributed by atoms with Gasteiger partial charge in [-0.15, -0.1) is 0 Å². The molecule has 0 unspecified atom stereocenters. The number of fused-ring (bicyclic) bond motifs is 1. The standard InChI is InChI=1S/C24H31N3O3/c1-17-10-19(13-26-24(17)29-2)14-27-9-8-21-20(15-27)16-30-22(21)11-23(28)25-12-18-6-4-3-5-7-18/h3-7,10,13,20-22H,8-9,11-12,14-16H2,1-2H3,(H,25,28)/t20-,21-,22+/m1/s1. The second-order valence-corrected chi connectivity index (χ2v) is 8.46. The number of ether oxygens (including phenoxy) is 2. The normalized spacial score (nSPS) is 23.7. The first-order valence-electron chi connectivity index (χ1n) is 10.8. The molecule has 0 aliphatic carbocycles. The van der Waals surface area contributed by atoms with Crippen LogP contribution in [0.3, 0.4) is 0 Å². The highest BCUT2D eigenvalue weighted by molar-refractivity contribution is 5.76. The predicted octanol–water partition coefficient (Wildman–Crippen LogP) is 2.94. The maximum atomic E-state index is 12.4. The molecule has 1 aromatic heterocycles. The van der Waals surface area contributed by atoms with E-state index < -0.39 is 0 Å². The van der Waals surface area contributed by atoms with Crippen molar-refractivity contribution >= 4 is 5.91 Å². The number of aromatic nitrogens is 1. The number of benzene rings is 1. The summed E-state index contributed by atoms with van der Waals surface area (Å²) < 4.78 is 11.3. The van der Waals surface area contributed by atoms with Gasteiger partial charge in [-0.3, -0.25) is 9.69 Å².